The van der Waals surface area contributed by atoms with Crippen LogP contribution in [0.25, 0.3) is 0 Å². The van der Waals surface area contributed by atoms with Crippen molar-refractivity contribution in [2.24, 2.45) is 0 Å². The summed E-state index contributed by atoms with van der Waals surface area (Å²) < 4.78 is 4.95. The minimum Gasteiger partial charge on any atom is -0.383 e. The first-order chi connectivity index (χ1) is 6.86. The summed E-state index contributed by atoms with van der Waals surface area (Å²) in [5.41, 5.74) is 1.32. The Labute approximate surface area is 90.0 Å². The van der Waals surface area contributed by atoms with Crippen LogP contribution in [-0.4, -0.2) is 26.5 Å². The van der Waals surface area contributed by atoms with Crippen molar-refractivity contribution in [3.63, 3.8) is 0 Å². The molecule has 2 nitrogen and oxygen atoms in total. The highest BCUT2D eigenvalue weighted by molar-refractivity contribution is 7.98. The highest BCUT2D eigenvalue weighted by Crippen LogP contribution is 2.14. The molecule has 0 aliphatic carbocycles. The molecule has 1 aromatic carbocycles. The molecule has 0 aliphatic heterocycles. The molecule has 14 heavy (non-hydrogen) atoms. The summed E-state index contributed by atoms with van der Waals surface area (Å²) in [6.07, 6.45) is 2.09. The monoisotopic (exact) mass is 211 g/mol. The quantitative estimate of drug-likeness (QED) is 0.575. The molecular formula is C11H17NOS. The number of nitrogens with one attached hydrogen (secondary N) is 1. The lowest BCUT2D eigenvalue weighted by molar-refractivity contribution is 0.199. The molecule has 0 bridgehead atoms. The minimum atomic E-state index is 0.767. The summed E-state index contributed by atoms with van der Waals surface area (Å²) in [5.74, 6) is 0. The standard InChI is InChI=1S/C11H17NOS/c1-13-8-7-12-9-10-3-5-11(14-2)6-4-10/h3-6,12H,7-9H2,1-2H3. The molecule has 0 spiro atoms. The third-order valence-electron chi connectivity index (χ3n) is 1.97. The summed E-state index contributed by atoms with van der Waals surface area (Å²) in [5, 5.41) is 3.31. The lowest BCUT2D eigenvalue weighted by Gasteiger charge is -2.04. The van der Waals surface area contributed by atoms with Gasteiger partial charge in [0.1, 0.15) is 0 Å². The molecule has 3 heteroatoms. The summed E-state index contributed by atoms with van der Waals surface area (Å²) >= 11 is 1.77. The average molecular weight is 211 g/mol. The van der Waals surface area contributed by atoms with Crippen LogP contribution in [0.2, 0.25) is 0 Å². The predicted octanol–water partition coefficient (Wildman–Crippen LogP) is 2.14. The molecule has 0 saturated heterocycles. The Morgan fingerprint density at radius 3 is 2.57 bits per heavy atom. The van der Waals surface area contributed by atoms with E-state index in [0.717, 1.165) is 19.7 Å². The van der Waals surface area contributed by atoms with Gasteiger partial charge in [0.25, 0.3) is 0 Å². The summed E-state index contributed by atoms with van der Waals surface area (Å²) in [6.45, 7) is 2.59. The maximum atomic E-state index is 4.95. The predicted molar refractivity (Wildman–Crippen MR) is 61.8 cm³/mol. The van der Waals surface area contributed by atoms with Crippen molar-refractivity contribution in [3.05, 3.63) is 29.8 Å². The van der Waals surface area contributed by atoms with E-state index in [2.05, 4.69) is 35.8 Å². The molecule has 0 amide bonds. The zero-order valence-electron chi connectivity index (χ0n) is 8.75. The Balaban J connectivity index is 2.29. The van der Waals surface area contributed by atoms with Gasteiger partial charge in [0, 0.05) is 25.1 Å². The van der Waals surface area contributed by atoms with E-state index in [0.29, 0.717) is 0 Å². The van der Waals surface area contributed by atoms with Gasteiger partial charge in [0.2, 0.25) is 0 Å². The van der Waals surface area contributed by atoms with Crippen LogP contribution in [0.5, 0.6) is 0 Å². The van der Waals surface area contributed by atoms with Crippen molar-refractivity contribution in [3.8, 4) is 0 Å². The first-order valence-electron chi connectivity index (χ1n) is 4.69. The Morgan fingerprint density at radius 2 is 2.00 bits per heavy atom. The second-order valence-corrected chi connectivity index (χ2v) is 3.90. The van der Waals surface area contributed by atoms with E-state index < -0.39 is 0 Å². The number of rotatable bonds is 6. The van der Waals surface area contributed by atoms with Crippen LogP contribution in [0.4, 0.5) is 0 Å². The Kier molecular flexibility index (Phi) is 5.68. The highest BCUT2D eigenvalue weighted by atomic mass is 32.2. The largest absolute Gasteiger partial charge is 0.383 e. The Morgan fingerprint density at radius 1 is 1.29 bits per heavy atom. The molecule has 1 aromatic rings. The van der Waals surface area contributed by atoms with Gasteiger partial charge < -0.3 is 10.1 Å². The first kappa shape index (κ1) is 11.6. The lowest BCUT2D eigenvalue weighted by atomic mass is 10.2. The summed E-state index contributed by atoms with van der Waals surface area (Å²) in [7, 11) is 1.72. The molecule has 0 aliphatic rings. The van der Waals surface area contributed by atoms with E-state index >= 15 is 0 Å². The van der Waals surface area contributed by atoms with Gasteiger partial charge in [-0.05, 0) is 24.0 Å². The van der Waals surface area contributed by atoms with Crippen LogP contribution >= 0.6 is 11.8 Å². The van der Waals surface area contributed by atoms with Crippen molar-refractivity contribution >= 4 is 11.8 Å². The number of thioether (sulfide) groups is 1. The molecule has 1 rings (SSSR count). The summed E-state index contributed by atoms with van der Waals surface area (Å²) in [4.78, 5) is 1.31. The number of methoxy groups -OCH3 is 1. The highest BCUT2D eigenvalue weighted by Gasteiger charge is 1.93. The van der Waals surface area contributed by atoms with E-state index in [-0.39, 0.29) is 0 Å². The number of hydrogen-bond donors (Lipinski definition) is 1. The fourth-order valence-electron chi connectivity index (χ4n) is 1.15. The van der Waals surface area contributed by atoms with Crippen molar-refractivity contribution in [1.82, 2.24) is 5.32 Å². The smallest absolute Gasteiger partial charge is 0.0587 e. The van der Waals surface area contributed by atoms with Crippen LogP contribution in [-0.2, 0) is 11.3 Å². The van der Waals surface area contributed by atoms with Gasteiger partial charge in [-0.2, -0.15) is 0 Å². The summed E-state index contributed by atoms with van der Waals surface area (Å²) in [6, 6.07) is 8.62. The molecule has 0 unspecified atom stereocenters. The van der Waals surface area contributed by atoms with E-state index in [1.807, 2.05) is 0 Å². The Hall–Kier alpha value is -0.510. The normalized spacial score (nSPS) is 10.4. The maximum absolute atomic E-state index is 4.95. The van der Waals surface area contributed by atoms with Crippen LogP contribution < -0.4 is 5.32 Å². The van der Waals surface area contributed by atoms with E-state index in [1.165, 1.54) is 10.5 Å². The molecule has 0 radical (unpaired) electrons. The molecule has 0 heterocycles. The maximum Gasteiger partial charge on any atom is 0.0587 e. The number of ether oxygens (including phenoxy) is 1. The fraction of sp³-hybridized carbons (Fsp3) is 0.455. The zero-order valence-corrected chi connectivity index (χ0v) is 9.56. The Bertz CT molecular complexity index is 248. The van der Waals surface area contributed by atoms with Crippen LogP contribution in [0.1, 0.15) is 5.56 Å². The van der Waals surface area contributed by atoms with Gasteiger partial charge in [-0.3, -0.25) is 0 Å². The molecular weight excluding hydrogens is 194 g/mol. The average Bonchev–Trinajstić information content (AvgIpc) is 2.25. The molecule has 0 aromatic heterocycles. The van der Waals surface area contributed by atoms with Gasteiger partial charge in [0.05, 0.1) is 6.61 Å². The topological polar surface area (TPSA) is 21.3 Å². The van der Waals surface area contributed by atoms with Crippen LogP contribution in [0.3, 0.4) is 0 Å². The fourth-order valence-corrected chi connectivity index (χ4v) is 1.56. The lowest BCUT2D eigenvalue weighted by Crippen LogP contribution is -2.18. The van der Waals surface area contributed by atoms with E-state index in [4.69, 9.17) is 4.74 Å². The van der Waals surface area contributed by atoms with Gasteiger partial charge in [0.15, 0.2) is 0 Å². The zero-order chi connectivity index (χ0) is 10.2. The third kappa shape index (κ3) is 4.13. The van der Waals surface area contributed by atoms with Crippen molar-refractivity contribution in [2.45, 2.75) is 11.4 Å². The first-order valence-corrected chi connectivity index (χ1v) is 5.92. The molecule has 1 N–H and O–H groups in total. The molecule has 0 fully saturated rings. The molecule has 78 valence electrons. The second kappa shape index (κ2) is 6.87. The molecule has 0 atom stereocenters. The van der Waals surface area contributed by atoms with E-state index in [9.17, 15) is 0 Å². The van der Waals surface area contributed by atoms with Crippen LogP contribution in [0.15, 0.2) is 29.2 Å². The van der Waals surface area contributed by atoms with Gasteiger partial charge in [-0.1, -0.05) is 12.1 Å². The second-order valence-electron chi connectivity index (χ2n) is 3.02. The van der Waals surface area contributed by atoms with Gasteiger partial charge in [-0.25, -0.2) is 0 Å². The number of hydrogen-bond acceptors (Lipinski definition) is 3. The number of benzene rings is 1. The molecule has 0 saturated carbocycles. The SMILES string of the molecule is COCCNCc1ccc(SC)cc1. The minimum absolute atomic E-state index is 0.767. The van der Waals surface area contributed by atoms with Crippen LogP contribution in [0, 0.1) is 0 Å². The van der Waals surface area contributed by atoms with Gasteiger partial charge >= 0.3 is 0 Å². The third-order valence-corrected chi connectivity index (χ3v) is 2.71. The van der Waals surface area contributed by atoms with Gasteiger partial charge in [-0.15, -0.1) is 11.8 Å². The van der Waals surface area contributed by atoms with E-state index in [1.54, 1.807) is 18.9 Å². The van der Waals surface area contributed by atoms with Crippen molar-refractivity contribution in [2.75, 3.05) is 26.5 Å². The van der Waals surface area contributed by atoms with Crippen molar-refractivity contribution < 1.29 is 4.74 Å². The van der Waals surface area contributed by atoms with Crippen molar-refractivity contribution in [1.29, 1.82) is 0 Å².